The highest BCUT2D eigenvalue weighted by Crippen LogP contribution is 2.20. The fraction of sp³-hybridized carbons (Fsp3) is 0.417. The van der Waals surface area contributed by atoms with Crippen LogP contribution in [0.1, 0.15) is 18.9 Å². The molecule has 1 aromatic rings. The van der Waals surface area contributed by atoms with E-state index in [0.29, 0.717) is 13.0 Å². The summed E-state index contributed by atoms with van der Waals surface area (Å²) in [5, 5.41) is 11.9. The lowest BCUT2D eigenvalue weighted by Crippen LogP contribution is -2.14. The molecule has 0 amide bonds. The molecule has 0 spiro atoms. The van der Waals surface area contributed by atoms with E-state index in [1.54, 1.807) is 6.92 Å². The van der Waals surface area contributed by atoms with Gasteiger partial charge in [-0.05, 0) is 37.1 Å². The fourth-order valence-corrected chi connectivity index (χ4v) is 1.56. The topological polar surface area (TPSA) is 49.3 Å². The standard InChI is InChI=1S/C12H16BrNO2/c1-8(12(15)16)5-6-14-10-3-4-11(13)9(2)7-10/h3-4,7-8,14H,5-6H2,1-2H3,(H,15,16). The monoisotopic (exact) mass is 285 g/mol. The first-order valence-electron chi connectivity index (χ1n) is 5.23. The van der Waals surface area contributed by atoms with Crippen molar-refractivity contribution in [1.29, 1.82) is 0 Å². The summed E-state index contributed by atoms with van der Waals surface area (Å²) in [7, 11) is 0. The molecule has 2 N–H and O–H groups in total. The van der Waals surface area contributed by atoms with Gasteiger partial charge in [0.2, 0.25) is 0 Å². The Hall–Kier alpha value is -1.03. The van der Waals surface area contributed by atoms with Crippen molar-refractivity contribution in [3.63, 3.8) is 0 Å². The Labute approximate surface area is 104 Å². The van der Waals surface area contributed by atoms with Crippen LogP contribution in [0.4, 0.5) is 5.69 Å². The molecule has 0 heterocycles. The van der Waals surface area contributed by atoms with Crippen LogP contribution in [0.3, 0.4) is 0 Å². The van der Waals surface area contributed by atoms with Crippen LogP contribution in [0.25, 0.3) is 0 Å². The van der Waals surface area contributed by atoms with Crippen molar-refractivity contribution >= 4 is 27.6 Å². The number of benzene rings is 1. The molecule has 0 aliphatic heterocycles. The first-order valence-corrected chi connectivity index (χ1v) is 6.03. The van der Waals surface area contributed by atoms with Gasteiger partial charge in [-0.15, -0.1) is 0 Å². The highest BCUT2D eigenvalue weighted by molar-refractivity contribution is 9.10. The lowest BCUT2D eigenvalue weighted by Gasteiger charge is -2.10. The lowest BCUT2D eigenvalue weighted by atomic mass is 10.1. The molecule has 0 saturated heterocycles. The summed E-state index contributed by atoms with van der Waals surface area (Å²) in [6, 6.07) is 6.00. The average molecular weight is 286 g/mol. The number of carboxylic acids is 1. The third-order valence-corrected chi connectivity index (χ3v) is 3.38. The van der Waals surface area contributed by atoms with Gasteiger partial charge in [0.15, 0.2) is 0 Å². The number of anilines is 1. The van der Waals surface area contributed by atoms with E-state index >= 15 is 0 Å². The molecule has 3 nitrogen and oxygen atoms in total. The minimum absolute atomic E-state index is 0.302. The molecule has 0 fully saturated rings. The van der Waals surface area contributed by atoms with E-state index in [9.17, 15) is 4.79 Å². The molecule has 0 aliphatic rings. The molecule has 1 aromatic carbocycles. The number of hydrogen-bond acceptors (Lipinski definition) is 2. The van der Waals surface area contributed by atoms with Gasteiger partial charge in [0.05, 0.1) is 5.92 Å². The van der Waals surface area contributed by atoms with Crippen molar-refractivity contribution in [2.75, 3.05) is 11.9 Å². The lowest BCUT2D eigenvalue weighted by molar-refractivity contribution is -0.141. The van der Waals surface area contributed by atoms with Crippen molar-refractivity contribution in [1.82, 2.24) is 0 Å². The summed E-state index contributed by atoms with van der Waals surface area (Å²) < 4.78 is 1.08. The Kier molecular flexibility index (Phi) is 4.80. The van der Waals surface area contributed by atoms with E-state index in [1.807, 2.05) is 25.1 Å². The Morgan fingerprint density at radius 2 is 2.25 bits per heavy atom. The Morgan fingerprint density at radius 3 is 2.81 bits per heavy atom. The molecule has 1 atom stereocenters. The number of aryl methyl sites for hydroxylation is 1. The first-order chi connectivity index (χ1) is 7.50. The van der Waals surface area contributed by atoms with Gasteiger partial charge in [0.1, 0.15) is 0 Å². The molecular weight excluding hydrogens is 270 g/mol. The second kappa shape index (κ2) is 5.89. The zero-order valence-electron chi connectivity index (χ0n) is 9.46. The van der Waals surface area contributed by atoms with Crippen molar-refractivity contribution in [3.8, 4) is 0 Å². The molecule has 1 unspecified atom stereocenters. The van der Waals surface area contributed by atoms with E-state index in [-0.39, 0.29) is 5.92 Å². The Morgan fingerprint density at radius 1 is 1.56 bits per heavy atom. The second-order valence-corrected chi connectivity index (χ2v) is 4.77. The predicted octanol–water partition coefficient (Wildman–Crippen LogP) is 3.28. The van der Waals surface area contributed by atoms with Crippen LogP contribution in [0.15, 0.2) is 22.7 Å². The molecule has 0 aliphatic carbocycles. The first kappa shape index (κ1) is 13.0. The summed E-state index contributed by atoms with van der Waals surface area (Å²) >= 11 is 3.43. The predicted molar refractivity (Wildman–Crippen MR) is 68.8 cm³/mol. The maximum Gasteiger partial charge on any atom is 0.306 e. The summed E-state index contributed by atoms with van der Waals surface area (Å²) in [6.07, 6.45) is 0.629. The number of carbonyl (C=O) groups is 1. The number of nitrogens with one attached hydrogen (secondary N) is 1. The van der Waals surface area contributed by atoms with Gasteiger partial charge in [0.25, 0.3) is 0 Å². The zero-order chi connectivity index (χ0) is 12.1. The van der Waals surface area contributed by atoms with Crippen LogP contribution in [-0.4, -0.2) is 17.6 Å². The highest BCUT2D eigenvalue weighted by Gasteiger charge is 2.09. The van der Waals surface area contributed by atoms with Gasteiger partial charge in [-0.1, -0.05) is 22.9 Å². The van der Waals surface area contributed by atoms with Crippen LogP contribution in [-0.2, 0) is 4.79 Å². The third kappa shape index (κ3) is 3.85. The van der Waals surface area contributed by atoms with Crippen LogP contribution in [0, 0.1) is 12.8 Å². The summed E-state index contributed by atoms with van der Waals surface area (Å²) in [4.78, 5) is 10.6. The molecule has 0 aromatic heterocycles. The molecule has 1 rings (SSSR count). The summed E-state index contributed by atoms with van der Waals surface area (Å²) in [5.41, 5.74) is 2.19. The molecular formula is C12H16BrNO2. The van der Waals surface area contributed by atoms with Crippen molar-refractivity contribution < 1.29 is 9.90 Å². The van der Waals surface area contributed by atoms with Gasteiger partial charge in [0, 0.05) is 16.7 Å². The molecule has 88 valence electrons. The Bertz CT molecular complexity index is 379. The van der Waals surface area contributed by atoms with Crippen molar-refractivity contribution in [3.05, 3.63) is 28.2 Å². The normalized spacial score (nSPS) is 12.2. The largest absolute Gasteiger partial charge is 0.481 e. The number of hydrogen-bond donors (Lipinski definition) is 2. The van der Waals surface area contributed by atoms with Crippen molar-refractivity contribution in [2.45, 2.75) is 20.3 Å². The zero-order valence-corrected chi connectivity index (χ0v) is 11.0. The van der Waals surface area contributed by atoms with E-state index in [2.05, 4.69) is 21.2 Å². The number of halogens is 1. The molecule has 4 heteroatoms. The van der Waals surface area contributed by atoms with Gasteiger partial charge in [-0.3, -0.25) is 4.79 Å². The number of rotatable bonds is 5. The molecule has 16 heavy (non-hydrogen) atoms. The minimum Gasteiger partial charge on any atom is -0.481 e. The highest BCUT2D eigenvalue weighted by atomic mass is 79.9. The van der Waals surface area contributed by atoms with E-state index < -0.39 is 5.97 Å². The second-order valence-electron chi connectivity index (χ2n) is 3.92. The van der Waals surface area contributed by atoms with E-state index in [4.69, 9.17) is 5.11 Å². The van der Waals surface area contributed by atoms with Gasteiger partial charge in [-0.25, -0.2) is 0 Å². The number of carboxylic acid groups (broad SMARTS) is 1. The summed E-state index contributed by atoms with van der Waals surface area (Å²) in [5.74, 6) is -1.04. The maximum absolute atomic E-state index is 10.6. The fourth-order valence-electron chi connectivity index (χ4n) is 1.31. The molecule has 0 saturated carbocycles. The van der Waals surface area contributed by atoms with Crippen LogP contribution < -0.4 is 5.32 Å². The van der Waals surface area contributed by atoms with Gasteiger partial charge in [-0.2, -0.15) is 0 Å². The van der Waals surface area contributed by atoms with E-state index in [0.717, 1.165) is 15.7 Å². The Balaban J connectivity index is 2.43. The van der Waals surface area contributed by atoms with Crippen LogP contribution >= 0.6 is 15.9 Å². The smallest absolute Gasteiger partial charge is 0.306 e. The summed E-state index contributed by atoms with van der Waals surface area (Å²) in [6.45, 7) is 4.42. The quantitative estimate of drug-likeness (QED) is 0.873. The van der Waals surface area contributed by atoms with Crippen LogP contribution in [0.5, 0.6) is 0 Å². The molecule has 0 radical (unpaired) electrons. The van der Waals surface area contributed by atoms with Gasteiger partial charge >= 0.3 is 5.97 Å². The van der Waals surface area contributed by atoms with Gasteiger partial charge < -0.3 is 10.4 Å². The third-order valence-electron chi connectivity index (χ3n) is 2.49. The van der Waals surface area contributed by atoms with Crippen molar-refractivity contribution in [2.24, 2.45) is 5.92 Å². The van der Waals surface area contributed by atoms with Crippen LogP contribution in [0.2, 0.25) is 0 Å². The SMILES string of the molecule is Cc1cc(NCCC(C)C(=O)O)ccc1Br. The van der Waals surface area contributed by atoms with E-state index in [1.165, 1.54) is 0 Å². The maximum atomic E-state index is 10.6. The number of aliphatic carboxylic acids is 1. The molecule has 0 bridgehead atoms. The average Bonchev–Trinajstić information content (AvgIpc) is 2.23. The minimum atomic E-state index is -0.742.